The molecule has 1 N–H and O–H groups in total. The highest BCUT2D eigenvalue weighted by atomic mass is 16.4. The smallest absolute Gasteiger partial charge is 0.339 e. The van der Waals surface area contributed by atoms with Gasteiger partial charge in [0.2, 0.25) is 0 Å². The van der Waals surface area contributed by atoms with Crippen molar-refractivity contribution in [2.75, 3.05) is 37.6 Å². The summed E-state index contributed by atoms with van der Waals surface area (Å²) in [6, 6.07) is 3.28. The average molecular weight is 249 g/mol. The van der Waals surface area contributed by atoms with Gasteiger partial charge in [0.1, 0.15) is 11.4 Å². The molecule has 0 spiro atoms. The van der Waals surface area contributed by atoms with Crippen LogP contribution in [-0.2, 0) is 0 Å². The third kappa shape index (κ3) is 2.79. The number of aromatic nitrogens is 1. The number of hydrogen-bond donors (Lipinski definition) is 1. The van der Waals surface area contributed by atoms with Gasteiger partial charge in [-0.2, -0.15) is 0 Å². The minimum Gasteiger partial charge on any atom is -0.478 e. The lowest BCUT2D eigenvalue weighted by Gasteiger charge is -2.35. The van der Waals surface area contributed by atoms with Crippen molar-refractivity contribution >= 4 is 11.8 Å². The van der Waals surface area contributed by atoms with E-state index in [1.807, 2.05) is 0 Å². The lowest BCUT2D eigenvalue weighted by Crippen LogP contribution is -2.47. The Morgan fingerprint density at radius 3 is 2.72 bits per heavy atom. The molecule has 2 heterocycles. The molecule has 1 aromatic rings. The van der Waals surface area contributed by atoms with Crippen LogP contribution in [0.4, 0.5) is 5.82 Å². The Hall–Kier alpha value is -1.62. The highest BCUT2D eigenvalue weighted by Gasteiger charge is 2.21. The number of nitrogens with zero attached hydrogens (tertiary/aromatic N) is 3. The summed E-state index contributed by atoms with van der Waals surface area (Å²) in [7, 11) is 0. The van der Waals surface area contributed by atoms with Gasteiger partial charge in [-0.15, -0.1) is 0 Å². The lowest BCUT2D eigenvalue weighted by atomic mass is 10.2. The largest absolute Gasteiger partial charge is 0.478 e. The van der Waals surface area contributed by atoms with Crippen molar-refractivity contribution in [3.8, 4) is 0 Å². The lowest BCUT2D eigenvalue weighted by molar-refractivity contribution is 0.0697. The van der Waals surface area contributed by atoms with Gasteiger partial charge in [0.25, 0.3) is 0 Å². The van der Waals surface area contributed by atoms with Crippen LogP contribution in [0.25, 0.3) is 0 Å². The Bertz CT molecular complexity index is 414. The molecular weight excluding hydrogens is 230 g/mol. The van der Waals surface area contributed by atoms with E-state index >= 15 is 0 Å². The Morgan fingerprint density at radius 2 is 2.11 bits per heavy atom. The van der Waals surface area contributed by atoms with Gasteiger partial charge in [0, 0.05) is 32.4 Å². The van der Waals surface area contributed by atoms with Gasteiger partial charge in [-0.1, -0.05) is 6.92 Å². The third-order valence-electron chi connectivity index (χ3n) is 3.23. The highest BCUT2D eigenvalue weighted by Crippen LogP contribution is 2.18. The molecule has 0 unspecified atom stereocenters. The zero-order valence-electron chi connectivity index (χ0n) is 10.7. The van der Waals surface area contributed by atoms with Gasteiger partial charge in [0.05, 0.1) is 0 Å². The van der Waals surface area contributed by atoms with Crippen LogP contribution in [0.2, 0.25) is 0 Å². The molecule has 1 fully saturated rings. The molecule has 0 bridgehead atoms. The number of aromatic carboxylic acids is 1. The van der Waals surface area contributed by atoms with Gasteiger partial charge in [-0.05, 0) is 25.1 Å². The Labute approximate surface area is 107 Å². The second kappa shape index (κ2) is 5.82. The van der Waals surface area contributed by atoms with Crippen molar-refractivity contribution in [2.24, 2.45) is 0 Å². The van der Waals surface area contributed by atoms with E-state index in [9.17, 15) is 4.79 Å². The first-order chi connectivity index (χ1) is 8.72. The number of pyridine rings is 1. The second-order valence-electron chi connectivity index (χ2n) is 4.51. The van der Waals surface area contributed by atoms with Crippen LogP contribution in [0.3, 0.4) is 0 Å². The first kappa shape index (κ1) is 12.8. The molecule has 2 rings (SSSR count). The topological polar surface area (TPSA) is 56.7 Å². The van der Waals surface area contributed by atoms with E-state index in [1.54, 1.807) is 18.3 Å². The Balaban J connectivity index is 2.07. The fraction of sp³-hybridized carbons (Fsp3) is 0.538. The molecule has 0 aliphatic carbocycles. The fourth-order valence-electron chi connectivity index (χ4n) is 2.32. The number of hydrogen-bond acceptors (Lipinski definition) is 4. The summed E-state index contributed by atoms with van der Waals surface area (Å²) in [5, 5.41) is 9.16. The fourth-order valence-corrected chi connectivity index (χ4v) is 2.32. The zero-order chi connectivity index (χ0) is 13.0. The molecule has 0 aromatic carbocycles. The van der Waals surface area contributed by atoms with Crippen LogP contribution in [0.15, 0.2) is 18.3 Å². The molecule has 0 atom stereocenters. The van der Waals surface area contributed by atoms with E-state index in [0.717, 1.165) is 39.1 Å². The van der Waals surface area contributed by atoms with Crippen molar-refractivity contribution in [1.82, 2.24) is 9.88 Å². The molecule has 0 radical (unpaired) electrons. The van der Waals surface area contributed by atoms with E-state index in [0.29, 0.717) is 11.4 Å². The molecule has 1 aliphatic rings. The maximum Gasteiger partial charge on any atom is 0.339 e. The molecular formula is C13H19N3O2. The van der Waals surface area contributed by atoms with Gasteiger partial charge >= 0.3 is 5.97 Å². The number of carboxylic acids is 1. The quantitative estimate of drug-likeness (QED) is 0.872. The summed E-state index contributed by atoms with van der Waals surface area (Å²) in [6.07, 6.45) is 2.81. The Kier molecular flexibility index (Phi) is 4.15. The number of piperazine rings is 1. The predicted molar refractivity (Wildman–Crippen MR) is 70.1 cm³/mol. The molecule has 18 heavy (non-hydrogen) atoms. The minimum absolute atomic E-state index is 0.293. The SMILES string of the molecule is CCCN1CCN(c2ncccc2C(=O)O)CC1. The standard InChI is InChI=1S/C13H19N3O2/c1-2-6-15-7-9-16(10-8-15)12-11(13(17)18)4-3-5-14-12/h3-5H,2,6-10H2,1H3,(H,17,18). The molecule has 0 amide bonds. The maximum atomic E-state index is 11.2. The van der Waals surface area contributed by atoms with Gasteiger partial charge in [-0.25, -0.2) is 9.78 Å². The van der Waals surface area contributed by atoms with Crippen molar-refractivity contribution < 1.29 is 9.90 Å². The van der Waals surface area contributed by atoms with E-state index in [-0.39, 0.29) is 0 Å². The summed E-state index contributed by atoms with van der Waals surface area (Å²) in [6.45, 7) is 6.93. The van der Waals surface area contributed by atoms with Crippen LogP contribution < -0.4 is 4.90 Å². The monoisotopic (exact) mass is 249 g/mol. The van der Waals surface area contributed by atoms with E-state index in [4.69, 9.17) is 5.11 Å². The van der Waals surface area contributed by atoms with Crippen molar-refractivity contribution in [2.45, 2.75) is 13.3 Å². The third-order valence-corrected chi connectivity index (χ3v) is 3.23. The van der Waals surface area contributed by atoms with Crippen molar-refractivity contribution in [3.05, 3.63) is 23.9 Å². The van der Waals surface area contributed by atoms with Gasteiger partial charge in [-0.3, -0.25) is 4.90 Å². The first-order valence-electron chi connectivity index (χ1n) is 6.38. The van der Waals surface area contributed by atoms with Crippen molar-refractivity contribution in [1.29, 1.82) is 0 Å². The predicted octanol–water partition coefficient (Wildman–Crippen LogP) is 1.31. The van der Waals surface area contributed by atoms with Crippen LogP contribution in [0, 0.1) is 0 Å². The van der Waals surface area contributed by atoms with Crippen LogP contribution >= 0.6 is 0 Å². The van der Waals surface area contributed by atoms with Crippen molar-refractivity contribution in [3.63, 3.8) is 0 Å². The first-order valence-corrected chi connectivity index (χ1v) is 6.38. The van der Waals surface area contributed by atoms with Gasteiger partial charge in [0.15, 0.2) is 0 Å². The summed E-state index contributed by atoms with van der Waals surface area (Å²) < 4.78 is 0. The highest BCUT2D eigenvalue weighted by molar-refractivity contribution is 5.93. The molecule has 0 saturated carbocycles. The number of carboxylic acid groups (broad SMARTS) is 1. The normalized spacial score (nSPS) is 16.8. The number of carbonyl (C=O) groups is 1. The van der Waals surface area contributed by atoms with Crippen LogP contribution in [0.1, 0.15) is 23.7 Å². The second-order valence-corrected chi connectivity index (χ2v) is 4.51. The summed E-state index contributed by atoms with van der Waals surface area (Å²) in [4.78, 5) is 19.8. The molecule has 1 aromatic heterocycles. The molecule has 1 aliphatic heterocycles. The van der Waals surface area contributed by atoms with E-state index in [1.165, 1.54) is 0 Å². The summed E-state index contributed by atoms with van der Waals surface area (Å²) in [5.74, 6) is -0.310. The van der Waals surface area contributed by atoms with E-state index in [2.05, 4.69) is 21.7 Å². The zero-order valence-corrected chi connectivity index (χ0v) is 10.7. The maximum absolute atomic E-state index is 11.2. The van der Waals surface area contributed by atoms with Crippen LogP contribution in [0.5, 0.6) is 0 Å². The van der Waals surface area contributed by atoms with Gasteiger partial charge < -0.3 is 10.0 Å². The molecule has 5 nitrogen and oxygen atoms in total. The van der Waals surface area contributed by atoms with E-state index < -0.39 is 5.97 Å². The Morgan fingerprint density at radius 1 is 1.39 bits per heavy atom. The summed E-state index contributed by atoms with van der Waals surface area (Å²) in [5.41, 5.74) is 0.293. The number of anilines is 1. The van der Waals surface area contributed by atoms with Crippen LogP contribution in [-0.4, -0.2) is 53.7 Å². The minimum atomic E-state index is -0.908. The number of rotatable bonds is 4. The average Bonchev–Trinajstić information content (AvgIpc) is 2.40. The summed E-state index contributed by atoms with van der Waals surface area (Å²) >= 11 is 0. The molecule has 1 saturated heterocycles. The molecule has 5 heteroatoms. The molecule has 98 valence electrons.